The van der Waals surface area contributed by atoms with Crippen LogP contribution in [0.1, 0.15) is 101 Å². The first kappa shape index (κ1) is 27.8. The second-order valence-corrected chi connectivity index (χ2v) is 8.68. The molecule has 2 nitrogen and oxygen atoms in total. The molecule has 0 heterocycles. The molecule has 2 heteroatoms. The minimum Gasteiger partial charge on any atom is -0.383 e. The van der Waals surface area contributed by atoms with Crippen molar-refractivity contribution in [3.05, 3.63) is 70.3 Å². The maximum Gasteiger partial charge on any atom is 0.0407 e. The fraction of sp³-hybridized carbons (Fsp3) is 0.533. The smallest absolute Gasteiger partial charge is 0.0407 e. The topological polar surface area (TPSA) is 24.1 Å². The first-order valence-electron chi connectivity index (χ1n) is 12.8. The van der Waals surface area contributed by atoms with Gasteiger partial charge in [0.2, 0.25) is 0 Å². The lowest BCUT2D eigenvalue weighted by molar-refractivity contribution is 0.630. The summed E-state index contributed by atoms with van der Waals surface area (Å²) in [6, 6.07) is 11.8. The minimum absolute atomic E-state index is 0.443. The van der Waals surface area contributed by atoms with Crippen molar-refractivity contribution in [1.29, 1.82) is 0 Å². The van der Waals surface area contributed by atoms with Crippen molar-refractivity contribution in [2.24, 2.45) is 0 Å². The Labute approximate surface area is 198 Å². The predicted molar refractivity (Wildman–Crippen MR) is 146 cm³/mol. The Morgan fingerprint density at radius 2 is 1.66 bits per heavy atom. The summed E-state index contributed by atoms with van der Waals surface area (Å²) in [5.74, 6) is 0. The molecule has 0 amide bonds. The number of nitrogens with one attached hydrogen (secondary N) is 2. The minimum atomic E-state index is 0.443. The van der Waals surface area contributed by atoms with Gasteiger partial charge in [0.15, 0.2) is 0 Å². The number of rotatable bonds is 12. The summed E-state index contributed by atoms with van der Waals surface area (Å²) in [5, 5.41) is 7.29. The van der Waals surface area contributed by atoms with Crippen LogP contribution in [0.5, 0.6) is 0 Å². The summed E-state index contributed by atoms with van der Waals surface area (Å²) in [4.78, 5) is 0. The largest absolute Gasteiger partial charge is 0.383 e. The molecule has 0 fully saturated rings. The van der Waals surface area contributed by atoms with E-state index in [4.69, 9.17) is 0 Å². The van der Waals surface area contributed by atoms with Crippen LogP contribution in [0.3, 0.4) is 0 Å². The fourth-order valence-electron chi connectivity index (χ4n) is 4.04. The standard InChI is InChI=1S/C28H42N2.C2H6/c1-8-11-13-27-25(12-9-2)16-14-20(4)28(27)29-19-24-15-17-26(21(5)18-24)23(7)30-22(6)10-3;1-2/h14-18,22,29-30H,7-13,19H2,1-6H3;1-2H3. The highest BCUT2D eigenvalue weighted by Gasteiger charge is 2.12. The van der Waals surface area contributed by atoms with Crippen molar-refractivity contribution >= 4 is 11.4 Å². The van der Waals surface area contributed by atoms with Crippen molar-refractivity contribution < 1.29 is 0 Å². The number of hydrogen-bond acceptors (Lipinski definition) is 2. The van der Waals surface area contributed by atoms with E-state index in [1.54, 1.807) is 0 Å². The molecule has 2 N–H and O–H groups in total. The predicted octanol–water partition coefficient (Wildman–Crippen LogP) is 8.60. The summed E-state index contributed by atoms with van der Waals surface area (Å²) in [6.45, 7) is 22.4. The van der Waals surface area contributed by atoms with E-state index in [9.17, 15) is 0 Å². The fourth-order valence-corrected chi connectivity index (χ4v) is 4.04. The van der Waals surface area contributed by atoms with Crippen LogP contribution >= 0.6 is 0 Å². The van der Waals surface area contributed by atoms with Gasteiger partial charge in [-0.05, 0) is 79.8 Å². The van der Waals surface area contributed by atoms with Crippen molar-refractivity contribution in [2.75, 3.05) is 5.32 Å². The molecule has 2 aromatic rings. The molecule has 178 valence electrons. The molecule has 1 atom stereocenters. The Morgan fingerprint density at radius 1 is 0.938 bits per heavy atom. The molecule has 1 unspecified atom stereocenters. The maximum absolute atomic E-state index is 4.25. The van der Waals surface area contributed by atoms with Crippen molar-refractivity contribution in [2.45, 2.75) is 107 Å². The van der Waals surface area contributed by atoms with Gasteiger partial charge in [-0.3, -0.25) is 0 Å². The highest BCUT2D eigenvalue weighted by atomic mass is 14.9. The van der Waals surface area contributed by atoms with Gasteiger partial charge in [0.1, 0.15) is 0 Å². The quantitative estimate of drug-likeness (QED) is 0.348. The number of unbranched alkanes of at least 4 members (excludes halogenated alkanes) is 1. The van der Waals surface area contributed by atoms with Crippen molar-refractivity contribution in [3.8, 4) is 0 Å². The third-order valence-corrected chi connectivity index (χ3v) is 6.04. The van der Waals surface area contributed by atoms with E-state index in [2.05, 4.69) is 89.1 Å². The lowest BCUT2D eigenvalue weighted by atomic mass is 9.94. The number of anilines is 1. The second-order valence-electron chi connectivity index (χ2n) is 8.68. The van der Waals surface area contributed by atoms with E-state index in [0.29, 0.717) is 6.04 Å². The number of hydrogen-bond donors (Lipinski definition) is 2. The average Bonchev–Trinajstić information content (AvgIpc) is 2.79. The summed E-state index contributed by atoms with van der Waals surface area (Å²) in [5.41, 5.74) is 10.6. The first-order chi connectivity index (χ1) is 15.4. The molecule has 0 aliphatic rings. The summed E-state index contributed by atoms with van der Waals surface area (Å²) in [7, 11) is 0. The van der Waals surface area contributed by atoms with Gasteiger partial charge in [-0.15, -0.1) is 0 Å². The third-order valence-electron chi connectivity index (χ3n) is 6.04. The lowest BCUT2D eigenvalue weighted by Crippen LogP contribution is -2.23. The molecule has 2 aromatic carbocycles. The Bertz CT molecular complexity index is 835. The lowest BCUT2D eigenvalue weighted by Gasteiger charge is -2.20. The van der Waals surface area contributed by atoms with Crippen LogP contribution in [0.2, 0.25) is 0 Å². The zero-order valence-corrected chi connectivity index (χ0v) is 22.1. The second kappa shape index (κ2) is 14.8. The van der Waals surface area contributed by atoms with Gasteiger partial charge in [0.05, 0.1) is 0 Å². The molecule has 0 aliphatic carbocycles. The van der Waals surface area contributed by atoms with Crippen LogP contribution in [-0.4, -0.2) is 6.04 Å². The molecule has 0 radical (unpaired) electrons. The third kappa shape index (κ3) is 8.04. The van der Waals surface area contributed by atoms with E-state index >= 15 is 0 Å². The van der Waals surface area contributed by atoms with Crippen LogP contribution in [0.4, 0.5) is 5.69 Å². The Balaban J connectivity index is 0.00000249. The SMILES string of the molecule is C=C(NC(C)CC)c1ccc(CNc2c(C)ccc(CCC)c2CCCC)cc1C.CC. The highest BCUT2D eigenvalue weighted by Crippen LogP contribution is 2.28. The van der Waals surface area contributed by atoms with Crippen LogP contribution < -0.4 is 10.6 Å². The first-order valence-corrected chi connectivity index (χ1v) is 12.8. The molecular weight excluding hydrogens is 388 g/mol. The summed E-state index contributed by atoms with van der Waals surface area (Å²) < 4.78 is 0. The van der Waals surface area contributed by atoms with Crippen LogP contribution in [-0.2, 0) is 19.4 Å². The zero-order valence-electron chi connectivity index (χ0n) is 22.1. The molecule has 0 saturated carbocycles. The molecule has 0 aromatic heterocycles. The summed E-state index contributed by atoms with van der Waals surface area (Å²) in [6.07, 6.45) is 7.08. The Hall–Kier alpha value is -2.22. The molecule has 0 spiro atoms. The van der Waals surface area contributed by atoms with E-state index in [1.165, 1.54) is 58.3 Å². The molecule has 2 rings (SSSR count). The summed E-state index contributed by atoms with van der Waals surface area (Å²) >= 11 is 0. The monoisotopic (exact) mass is 436 g/mol. The molecule has 0 aliphatic heterocycles. The van der Waals surface area contributed by atoms with Gasteiger partial charge in [0.25, 0.3) is 0 Å². The van der Waals surface area contributed by atoms with Crippen LogP contribution in [0.15, 0.2) is 36.9 Å². The molecule has 32 heavy (non-hydrogen) atoms. The normalized spacial score (nSPS) is 11.4. The van der Waals surface area contributed by atoms with Crippen molar-refractivity contribution in [1.82, 2.24) is 5.32 Å². The van der Waals surface area contributed by atoms with E-state index in [0.717, 1.165) is 31.5 Å². The zero-order chi connectivity index (χ0) is 24.1. The van der Waals surface area contributed by atoms with Gasteiger partial charge in [0, 0.05) is 24.0 Å². The van der Waals surface area contributed by atoms with Gasteiger partial charge < -0.3 is 10.6 Å². The van der Waals surface area contributed by atoms with Crippen molar-refractivity contribution in [3.63, 3.8) is 0 Å². The van der Waals surface area contributed by atoms with Crippen LogP contribution in [0, 0.1) is 13.8 Å². The molecular formula is C30H48N2. The van der Waals surface area contributed by atoms with E-state index < -0.39 is 0 Å². The Kier molecular flexibility index (Phi) is 12.8. The number of aryl methyl sites for hydroxylation is 3. The number of benzene rings is 2. The van der Waals surface area contributed by atoms with E-state index in [-0.39, 0.29) is 0 Å². The highest BCUT2D eigenvalue weighted by molar-refractivity contribution is 5.65. The van der Waals surface area contributed by atoms with Gasteiger partial charge >= 0.3 is 0 Å². The van der Waals surface area contributed by atoms with Gasteiger partial charge in [-0.25, -0.2) is 0 Å². The maximum atomic E-state index is 4.25. The average molecular weight is 437 g/mol. The molecule has 0 bridgehead atoms. The Morgan fingerprint density at radius 3 is 2.25 bits per heavy atom. The van der Waals surface area contributed by atoms with Gasteiger partial charge in [-0.2, -0.15) is 0 Å². The molecule has 0 saturated heterocycles. The van der Waals surface area contributed by atoms with Gasteiger partial charge in [-0.1, -0.05) is 84.4 Å². The van der Waals surface area contributed by atoms with Crippen LogP contribution in [0.25, 0.3) is 5.70 Å². The van der Waals surface area contributed by atoms with E-state index in [1.807, 2.05) is 13.8 Å².